The van der Waals surface area contributed by atoms with Crippen LogP contribution in [0.25, 0.3) is 0 Å². The molecule has 2 unspecified atom stereocenters. The van der Waals surface area contributed by atoms with E-state index in [0.29, 0.717) is 0 Å². The Morgan fingerprint density at radius 1 is 1.74 bits per heavy atom. The number of nitrogens with zero attached hydrogens (tertiary/aromatic N) is 2. The Morgan fingerprint density at radius 2 is 2.37 bits per heavy atom. The molecule has 0 radical (unpaired) electrons. The molecule has 1 aromatic heterocycles. The molecule has 9 heteroatoms. The summed E-state index contributed by atoms with van der Waals surface area (Å²) in [4.78, 5) is 25.2. The van der Waals surface area contributed by atoms with Crippen LogP contribution in [-0.4, -0.2) is 39.6 Å². The van der Waals surface area contributed by atoms with Crippen LogP contribution in [0.1, 0.15) is 17.3 Å². The molecule has 1 aromatic rings. The van der Waals surface area contributed by atoms with Gasteiger partial charge in [0.2, 0.25) is 0 Å². The van der Waals surface area contributed by atoms with E-state index in [-0.39, 0.29) is 22.9 Å². The Morgan fingerprint density at radius 3 is 2.89 bits per heavy atom. The van der Waals surface area contributed by atoms with Crippen LogP contribution in [0.5, 0.6) is 0 Å². The molecule has 1 heterocycles. The van der Waals surface area contributed by atoms with Crippen molar-refractivity contribution in [1.82, 2.24) is 10.3 Å². The van der Waals surface area contributed by atoms with Gasteiger partial charge in [0, 0.05) is 18.7 Å². The fourth-order valence-corrected chi connectivity index (χ4v) is 1.36. The molecule has 0 spiro atoms. The van der Waals surface area contributed by atoms with Crippen LogP contribution in [0, 0.1) is 10.1 Å². The van der Waals surface area contributed by atoms with Crippen molar-refractivity contribution in [2.75, 3.05) is 6.54 Å². The minimum atomic E-state index is -0.793. The van der Waals surface area contributed by atoms with Crippen molar-refractivity contribution >= 4 is 23.2 Å². The van der Waals surface area contributed by atoms with E-state index in [9.17, 15) is 20.0 Å². The van der Waals surface area contributed by atoms with Gasteiger partial charge in [-0.1, -0.05) is 11.6 Å². The lowest BCUT2D eigenvalue weighted by atomic mass is 10.2. The Bertz CT molecular complexity index is 494. The van der Waals surface area contributed by atoms with Crippen LogP contribution >= 0.6 is 11.6 Å². The van der Waals surface area contributed by atoms with Gasteiger partial charge in [-0.05, 0) is 6.92 Å². The first-order valence-electron chi connectivity index (χ1n) is 5.34. The van der Waals surface area contributed by atoms with E-state index in [1.807, 2.05) is 0 Å². The number of nitro groups is 1. The number of aliphatic hydroxyl groups excluding tert-OH is 1. The smallest absolute Gasteiger partial charge is 0.288 e. The van der Waals surface area contributed by atoms with E-state index in [1.165, 1.54) is 6.92 Å². The van der Waals surface area contributed by atoms with Gasteiger partial charge in [-0.25, -0.2) is 4.98 Å². The molecule has 1 rings (SSSR count). The highest BCUT2D eigenvalue weighted by Gasteiger charge is 2.18. The predicted molar refractivity (Wildman–Crippen MR) is 67.9 cm³/mol. The predicted octanol–water partition coefficient (Wildman–Crippen LogP) is 0.0811. The average molecular weight is 289 g/mol. The first kappa shape index (κ1) is 15.3. The molecule has 8 nitrogen and oxygen atoms in total. The molecule has 104 valence electrons. The van der Waals surface area contributed by atoms with Crippen molar-refractivity contribution in [2.45, 2.75) is 19.1 Å². The number of hydrogen-bond acceptors (Lipinski definition) is 6. The number of rotatable bonds is 5. The van der Waals surface area contributed by atoms with Crippen LogP contribution in [0.15, 0.2) is 12.3 Å². The van der Waals surface area contributed by atoms with Gasteiger partial charge in [0.15, 0.2) is 0 Å². The molecule has 0 aliphatic rings. The molecule has 1 amide bonds. The van der Waals surface area contributed by atoms with Crippen molar-refractivity contribution in [1.29, 1.82) is 0 Å². The quantitative estimate of drug-likeness (QED) is 0.399. The van der Waals surface area contributed by atoms with E-state index in [4.69, 9.17) is 17.3 Å². The van der Waals surface area contributed by atoms with E-state index >= 15 is 0 Å². The highest BCUT2D eigenvalue weighted by Crippen LogP contribution is 2.18. The maximum Gasteiger partial charge on any atom is 0.288 e. The Kier molecular flexibility index (Phi) is 5.16. The van der Waals surface area contributed by atoms with E-state index in [0.717, 1.165) is 12.3 Å². The third kappa shape index (κ3) is 4.12. The normalized spacial score (nSPS) is 13.7. The van der Waals surface area contributed by atoms with Gasteiger partial charge in [0.05, 0.1) is 16.6 Å². The number of hydrogen-bond donors (Lipinski definition) is 3. The second-order valence-electron chi connectivity index (χ2n) is 3.90. The van der Waals surface area contributed by atoms with Gasteiger partial charge >= 0.3 is 0 Å². The highest BCUT2D eigenvalue weighted by atomic mass is 35.5. The summed E-state index contributed by atoms with van der Waals surface area (Å²) in [6.07, 6.45) is 0.166. The van der Waals surface area contributed by atoms with Gasteiger partial charge in [0.1, 0.15) is 11.3 Å². The first-order chi connectivity index (χ1) is 8.82. The number of halogens is 1. The second-order valence-corrected chi connectivity index (χ2v) is 4.26. The topological polar surface area (TPSA) is 131 Å². The zero-order valence-electron chi connectivity index (χ0n) is 10.0. The maximum absolute atomic E-state index is 11.8. The molecule has 0 aromatic carbocycles. The zero-order chi connectivity index (χ0) is 14.6. The zero-order valence-corrected chi connectivity index (χ0v) is 10.8. The number of aliphatic hydroxyl groups is 1. The second kappa shape index (κ2) is 6.41. The summed E-state index contributed by atoms with van der Waals surface area (Å²) in [6.45, 7) is 1.49. The van der Waals surface area contributed by atoms with E-state index in [2.05, 4.69) is 10.3 Å². The first-order valence-corrected chi connectivity index (χ1v) is 5.72. The summed E-state index contributed by atoms with van der Waals surface area (Å²) in [5.74, 6) is -0.641. The highest BCUT2D eigenvalue weighted by molar-refractivity contribution is 6.32. The maximum atomic E-state index is 11.8. The fraction of sp³-hybridized carbons (Fsp3) is 0.400. The van der Waals surface area contributed by atoms with Crippen LogP contribution < -0.4 is 11.1 Å². The van der Waals surface area contributed by atoms with E-state index in [1.54, 1.807) is 0 Å². The molecule has 4 N–H and O–H groups in total. The van der Waals surface area contributed by atoms with Crippen molar-refractivity contribution in [3.05, 3.63) is 33.1 Å². The minimum Gasteiger partial charge on any atom is -0.392 e. The third-order valence-electron chi connectivity index (χ3n) is 2.40. The molecule has 0 bridgehead atoms. The lowest BCUT2D eigenvalue weighted by Gasteiger charge is -2.15. The van der Waals surface area contributed by atoms with Crippen LogP contribution in [0.4, 0.5) is 5.69 Å². The fourth-order valence-electron chi connectivity index (χ4n) is 1.17. The number of aromatic nitrogens is 1. The lowest BCUT2D eigenvalue weighted by molar-refractivity contribution is -0.385. The van der Waals surface area contributed by atoms with E-state index < -0.39 is 23.0 Å². The Labute approximate surface area is 113 Å². The van der Waals surface area contributed by atoms with Crippen molar-refractivity contribution < 1.29 is 14.8 Å². The molecule has 0 aliphatic carbocycles. The summed E-state index contributed by atoms with van der Waals surface area (Å²) in [6, 6.07) is 0.382. The van der Waals surface area contributed by atoms with Gasteiger partial charge in [-0.2, -0.15) is 0 Å². The molecule has 19 heavy (non-hydrogen) atoms. The van der Waals surface area contributed by atoms with Crippen molar-refractivity contribution in [3.63, 3.8) is 0 Å². The minimum absolute atomic E-state index is 0.00945. The van der Waals surface area contributed by atoms with Crippen LogP contribution in [-0.2, 0) is 0 Å². The molecule has 0 fully saturated rings. The number of nitrogens with one attached hydrogen (secondary N) is 1. The van der Waals surface area contributed by atoms with Gasteiger partial charge < -0.3 is 16.2 Å². The number of amides is 1. The summed E-state index contributed by atoms with van der Waals surface area (Å²) in [5, 5.41) is 22.0. The Hall–Kier alpha value is -1.77. The standard InChI is InChI=1S/C10H13ClN4O4/c1-5(16)8(12)4-14-10(17)7-2-6(15(18)19)3-13-9(7)11/h2-3,5,8,16H,4,12H2,1H3,(H,14,17). The summed E-state index contributed by atoms with van der Waals surface area (Å²) < 4.78 is 0. The summed E-state index contributed by atoms with van der Waals surface area (Å²) in [7, 11) is 0. The molecular weight excluding hydrogens is 276 g/mol. The van der Waals surface area contributed by atoms with Gasteiger partial charge in [0.25, 0.3) is 11.6 Å². The number of nitrogens with two attached hydrogens (primary N) is 1. The summed E-state index contributed by atoms with van der Waals surface area (Å²) >= 11 is 5.70. The monoisotopic (exact) mass is 288 g/mol. The van der Waals surface area contributed by atoms with Crippen molar-refractivity contribution in [2.24, 2.45) is 5.73 Å². The number of pyridine rings is 1. The molecule has 0 saturated heterocycles. The summed E-state index contributed by atoms with van der Waals surface area (Å²) in [5.41, 5.74) is 5.08. The third-order valence-corrected chi connectivity index (χ3v) is 2.70. The molecular formula is C10H13ClN4O4. The largest absolute Gasteiger partial charge is 0.392 e. The lowest BCUT2D eigenvalue weighted by Crippen LogP contribution is -2.43. The van der Waals surface area contributed by atoms with Gasteiger partial charge in [-0.3, -0.25) is 14.9 Å². The SMILES string of the molecule is CC(O)C(N)CNC(=O)c1cc([N+](=O)[O-])cnc1Cl. The van der Waals surface area contributed by atoms with Crippen LogP contribution in [0.2, 0.25) is 5.15 Å². The number of carbonyl (C=O) groups excluding carboxylic acids is 1. The molecule has 2 atom stereocenters. The van der Waals surface area contributed by atoms with Crippen LogP contribution in [0.3, 0.4) is 0 Å². The molecule has 0 saturated carbocycles. The van der Waals surface area contributed by atoms with Gasteiger partial charge in [-0.15, -0.1) is 0 Å². The number of carbonyl (C=O) groups is 1. The Balaban J connectivity index is 2.82. The average Bonchev–Trinajstić information content (AvgIpc) is 2.35. The van der Waals surface area contributed by atoms with Crippen molar-refractivity contribution in [3.8, 4) is 0 Å². The molecule has 0 aliphatic heterocycles.